The maximum Gasteiger partial charge on any atom is 0.408 e. The molecule has 0 spiro atoms. The van der Waals surface area contributed by atoms with Crippen LogP contribution in [-0.2, 0) is 38.6 Å². The number of carbonyl (C=O) groups is 4. The lowest BCUT2D eigenvalue weighted by atomic mass is 9.90. The highest BCUT2D eigenvalue weighted by Crippen LogP contribution is 2.28. The van der Waals surface area contributed by atoms with Crippen LogP contribution in [0.15, 0.2) is 79.0 Å². The molecule has 12 nitrogen and oxygen atoms in total. The second-order valence-electron chi connectivity index (χ2n) is 10.7. The normalized spacial score (nSPS) is 12.8. The van der Waals surface area contributed by atoms with Crippen LogP contribution in [0.4, 0.5) is 4.79 Å². The molecular formula is C33H37N5O7. The summed E-state index contributed by atoms with van der Waals surface area (Å²) in [6.45, 7) is 1.04. The molecule has 12 heteroatoms. The first-order valence-corrected chi connectivity index (χ1v) is 14.2. The smallest absolute Gasteiger partial charge is 0.408 e. The lowest BCUT2D eigenvalue weighted by Gasteiger charge is -2.31. The van der Waals surface area contributed by atoms with Crippen molar-refractivity contribution in [3.63, 3.8) is 0 Å². The Labute approximate surface area is 260 Å². The Morgan fingerprint density at radius 1 is 0.911 bits per heavy atom. The molecule has 0 aliphatic heterocycles. The van der Waals surface area contributed by atoms with Crippen LogP contribution in [0.2, 0.25) is 0 Å². The Bertz CT molecular complexity index is 1660. The summed E-state index contributed by atoms with van der Waals surface area (Å²) in [4.78, 5) is 54.9. The number of ether oxygens (including phenoxy) is 3. The number of carbonyl (C=O) groups excluding carboxylic acids is 4. The minimum absolute atomic E-state index is 0.0889. The van der Waals surface area contributed by atoms with E-state index in [1.54, 1.807) is 31.3 Å². The van der Waals surface area contributed by atoms with E-state index in [0.717, 1.165) is 22.0 Å². The highest BCUT2D eigenvalue weighted by Gasteiger charge is 2.37. The van der Waals surface area contributed by atoms with Gasteiger partial charge in [0, 0.05) is 29.9 Å². The zero-order valence-electron chi connectivity index (χ0n) is 25.3. The van der Waals surface area contributed by atoms with E-state index < -0.39 is 41.9 Å². The number of rotatable bonds is 14. The summed E-state index contributed by atoms with van der Waals surface area (Å²) in [6, 6.07) is 20.6. The molecule has 0 aliphatic rings. The maximum atomic E-state index is 13.9. The van der Waals surface area contributed by atoms with E-state index in [4.69, 9.17) is 19.9 Å². The van der Waals surface area contributed by atoms with Gasteiger partial charge >= 0.3 is 6.09 Å². The molecule has 1 heterocycles. The number of methoxy groups -OCH3 is 2. The summed E-state index contributed by atoms with van der Waals surface area (Å²) >= 11 is 0. The van der Waals surface area contributed by atoms with Gasteiger partial charge in [-0.1, -0.05) is 54.6 Å². The Morgan fingerprint density at radius 2 is 1.62 bits per heavy atom. The van der Waals surface area contributed by atoms with Crippen LogP contribution in [0.25, 0.3) is 10.9 Å². The van der Waals surface area contributed by atoms with Crippen LogP contribution in [0, 0.1) is 0 Å². The summed E-state index contributed by atoms with van der Waals surface area (Å²) in [7, 11) is 3.02. The van der Waals surface area contributed by atoms with Crippen LogP contribution in [-0.4, -0.2) is 61.1 Å². The van der Waals surface area contributed by atoms with Crippen LogP contribution >= 0.6 is 0 Å². The first-order chi connectivity index (χ1) is 21.6. The zero-order chi connectivity index (χ0) is 32.4. The Hall–Kier alpha value is -5.52. The van der Waals surface area contributed by atoms with Crippen molar-refractivity contribution in [2.75, 3.05) is 20.8 Å². The van der Waals surface area contributed by atoms with Crippen molar-refractivity contribution in [2.45, 2.75) is 38.0 Å². The van der Waals surface area contributed by atoms with E-state index in [9.17, 15) is 19.2 Å². The van der Waals surface area contributed by atoms with Crippen LogP contribution in [0.1, 0.15) is 23.6 Å². The van der Waals surface area contributed by atoms with Gasteiger partial charge in [-0.25, -0.2) is 4.79 Å². The molecule has 4 rings (SSSR count). The molecule has 6 N–H and O–H groups in total. The SMILES string of the molecule is COc1ccc(COC(=O)NC(Cc2c[nH]c3ccccc23)C(=O)NC(C)(Cc2ccccc2)C(=O)NCC(N)=O)cc1OC. The fourth-order valence-electron chi connectivity index (χ4n) is 4.94. The van der Waals surface area contributed by atoms with Gasteiger partial charge in [-0.2, -0.15) is 0 Å². The standard InChI is InChI=1S/C33H37N5O7/c1-33(31(41)36-19-29(34)39,17-21-9-5-4-6-10-21)38-30(40)26(16-23-18-35-25-12-8-7-11-24(23)25)37-32(42)45-20-22-13-14-27(43-2)28(15-22)44-3/h4-15,18,26,35H,16-17,19-20H2,1-3H3,(H2,34,39)(H,36,41)(H,37,42)(H,38,40). The number of nitrogens with two attached hydrogens (primary N) is 1. The number of alkyl carbamates (subject to hydrolysis) is 1. The third-order valence-corrected chi connectivity index (χ3v) is 7.25. The van der Waals surface area contributed by atoms with Gasteiger partial charge in [0.2, 0.25) is 17.7 Å². The average molecular weight is 616 g/mol. The topological polar surface area (TPSA) is 174 Å². The number of hydrogen-bond donors (Lipinski definition) is 5. The van der Waals surface area contributed by atoms with Crippen molar-refractivity contribution in [1.82, 2.24) is 20.9 Å². The molecule has 236 valence electrons. The minimum atomic E-state index is -1.50. The molecule has 0 aliphatic carbocycles. The number of H-pyrrole nitrogens is 1. The van der Waals surface area contributed by atoms with Crippen molar-refractivity contribution in [1.29, 1.82) is 0 Å². The zero-order valence-corrected chi connectivity index (χ0v) is 25.3. The molecule has 0 bridgehead atoms. The second kappa shape index (κ2) is 14.8. The quantitative estimate of drug-likeness (QED) is 0.145. The number of hydrogen-bond acceptors (Lipinski definition) is 7. The molecule has 3 aromatic carbocycles. The number of aromatic amines is 1. The lowest BCUT2D eigenvalue weighted by Crippen LogP contribution is -2.62. The molecule has 0 radical (unpaired) electrons. The number of primary amides is 1. The summed E-state index contributed by atoms with van der Waals surface area (Å²) in [6.07, 6.45) is 1.12. The molecule has 2 unspecified atom stereocenters. The van der Waals surface area contributed by atoms with Gasteiger partial charge in [-0.15, -0.1) is 0 Å². The van der Waals surface area contributed by atoms with Gasteiger partial charge in [0.05, 0.1) is 20.8 Å². The molecule has 0 saturated heterocycles. The maximum absolute atomic E-state index is 13.9. The van der Waals surface area contributed by atoms with Crippen LogP contribution in [0.5, 0.6) is 11.5 Å². The molecule has 4 amide bonds. The summed E-state index contributed by atoms with van der Waals surface area (Å²) in [5, 5.41) is 8.85. The highest BCUT2D eigenvalue weighted by atomic mass is 16.5. The van der Waals surface area contributed by atoms with E-state index in [1.165, 1.54) is 14.2 Å². The second-order valence-corrected chi connectivity index (χ2v) is 10.7. The van der Waals surface area contributed by atoms with Crippen molar-refractivity contribution < 1.29 is 33.4 Å². The fourth-order valence-corrected chi connectivity index (χ4v) is 4.94. The van der Waals surface area contributed by atoms with E-state index >= 15 is 0 Å². The molecule has 0 saturated carbocycles. The third kappa shape index (κ3) is 8.53. The van der Waals surface area contributed by atoms with E-state index in [0.29, 0.717) is 17.1 Å². The highest BCUT2D eigenvalue weighted by molar-refractivity contribution is 5.96. The summed E-state index contributed by atoms with van der Waals surface area (Å²) in [5.74, 6) is -0.966. The average Bonchev–Trinajstić information content (AvgIpc) is 3.45. The van der Waals surface area contributed by atoms with Crippen LogP contribution < -0.4 is 31.2 Å². The molecule has 4 aromatic rings. The largest absolute Gasteiger partial charge is 0.493 e. The van der Waals surface area contributed by atoms with Gasteiger partial charge in [-0.3, -0.25) is 14.4 Å². The number of aromatic nitrogens is 1. The fraction of sp³-hybridized carbons (Fsp3) is 0.273. The number of nitrogens with one attached hydrogen (secondary N) is 4. The third-order valence-electron chi connectivity index (χ3n) is 7.25. The van der Waals surface area contributed by atoms with Gasteiger partial charge < -0.3 is 40.9 Å². The van der Waals surface area contributed by atoms with Gasteiger partial charge in [0.25, 0.3) is 0 Å². The van der Waals surface area contributed by atoms with Crippen LogP contribution in [0.3, 0.4) is 0 Å². The predicted molar refractivity (Wildman–Crippen MR) is 168 cm³/mol. The minimum Gasteiger partial charge on any atom is -0.493 e. The first-order valence-electron chi connectivity index (χ1n) is 14.2. The van der Waals surface area contributed by atoms with Gasteiger partial charge in [0.15, 0.2) is 11.5 Å². The van der Waals surface area contributed by atoms with Gasteiger partial charge in [-0.05, 0) is 41.8 Å². The van der Waals surface area contributed by atoms with E-state index in [2.05, 4.69) is 20.9 Å². The molecule has 1 aromatic heterocycles. The summed E-state index contributed by atoms with van der Waals surface area (Å²) < 4.78 is 16.0. The monoisotopic (exact) mass is 615 g/mol. The van der Waals surface area contributed by atoms with Crippen molar-refractivity contribution in [3.05, 3.63) is 95.7 Å². The Morgan fingerprint density at radius 3 is 2.33 bits per heavy atom. The lowest BCUT2D eigenvalue weighted by molar-refractivity contribution is -0.134. The number of benzene rings is 3. The molecule has 45 heavy (non-hydrogen) atoms. The molecule has 0 fully saturated rings. The number of para-hydroxylation sites is 1. The van der Waals surface area contributed by atoms with Crippen molar-refractivity contribution in [2.24, 2.45) is 5.73 Å². The van der Waals surface area contributed by atoms with E-state index in [1.807, 2.05) is 54.6 Å². The summed E-state index contributed by atoms with van der Waals surface area (Å²) in [5.41, 5.74) is 6.79. The number of amides is 4. The van der Waals surface area contributed by atoms with E-state index in [-0.39, 0.29) is 19.4 Å². The molecular weight excluding hydrogens is 578 g/mol. The number of fused-ring (bicyclic) bond motifs is 1. The Balaban J connectivity index is 1.57. The Kier molecular flexibility index (Phi) is 10.6. The van der Waals surface area contributed by atoms with Gasteiger partial charge in [0.1, 0.15) is 18.2 Å². The van der Waals surface area contributed by atoms with Crippen molar-refractivity contribution >= 4 is 34.7 Å². The van der Waals surface area contributed by atoms with Crippen molar-refractivity contribution in [3.8, 4) is 11.5 Å². The predicted octanol–water partition coefficient (Wildman–Crippen LogP) is 2.74. The molecule has 2 atom stereocenters. The first kappa shape index (κ1) is 32.4.